The number of thiocarbonyl (C=S) groups is 1. The first-order chi connectivity index (χ1) is 8.37. The van der Waals surface area contributed by atoms with Crippen molar-refractivity contribution in [1.82, 2.24) is 5.32 Å². The van der Waals surface area contributed by atoms with E-state index in [0.29, 0.717) is 9.86 Å². The van der Waals surface area contributed by atoms with Crippen LogP contribution in [0.15, 0.2) is 24.3 Å². The zero-order valence-corrected chi connectivity index (χ0v) is 13.2. The van der Waals surface area contributed by atoms with Crippen LogP contribution in [0.2, 0.25) is 0 Å². The van der Waals surface area contributed by atoms with Crippen LogP contribution >= 0.6 is 24.0 Å². The van der Waals surface area contributed by atoms with Crippen molar-refractivity contribution in [2.75, 3.05) is 17.6 Å². The highest BCUT2D eigenvalue weighted by Gasteiger charge is 2.09. The minimum atomic E-state index is 0.313. The Kier molecular flexibility index (Phi) is 5.96. The smallest absolute Gasteiger partial charge is 0.170 e. The Hall–Kier alpha value is -0.740. The molecule has 0 atom stereocenters. The second-order valence-corrected chi connectivity index (χ2v) is 7.54. The average molecular weight is 282 g/mol. The van der Waals surface area contributed by atoms with Crippen molar-refractivity contribution in [3.8, 4) is 0 Å². The van der Waals surface area contributed by atoms with Gasteiger partial charge in [-0.25, -0.2) is 0 Å². The summed E-state index contributed by atoms with van der Waals surface area (Å²) in [6.07, 6.45) is 0. The number of nitrogens with one attached hydrogen (secondary N) is 2. The Labute approximate surface area is 120 Å². The van der Waals surface area contributed by atoms with Gasteiger partial charge in [0.15, 0.2) is 5.11 Å². The molecule has 2 nitrogen and oxygen atoms in total. The first-order valence-corrected chi connectivity index (χ1v) is 7.52. The van der Waals surface area contributed by atoms with Crippen LogP contribution in [0.4, 0.5) is 5.69 Å². The van der Waals surface area contributed by atoms with E-state index >= 15 is 0 Å². The molecule has 0 saturated carbocycles. The van der Waals surface area contributed by atoms with E-state index in [1.54, 1.807) is 0 Å². The minimum Gasteiger partial charge on any atom is -0.362 e. The normalized spacial score (nSPS) is 11.1. The molecule has 0 aliphatic carbocycles. The minimum absolute atomic E-state index is 0.313. The molecule has 1 aromatic rings. The number of aryl methyl sites for hydroxylation is 1. The maximum Gasteiger partial charge on any atom is 0.170 e. The van der Waals surface area contributed by atoms with Gasteiger partial charge in [-0.15, -0.1) is 0 Å². The van der Waals surface area contributed by atoms with E-state index in [1.807, 2.05) is 23.9 Å². The Morgan fingerprint density at radius 2 is 2.06 bits per heavy atom. The first-order valence-electron chi connectivity index (χ1n) is 6.12. The standard InChI is InChI=1S/C14H22N2S2/c1-11-6-5-7-12(10-11)16-13(17)15-8-9-18-14(2,3)4/h5-7,10H,8-9H2,1-4H3,(H2,15,16,17). The third-order valence-electron chi connectivity index (χ3n) is 2.20. The Bertz CT molecular complexity index is 397. The summed E-state index contributed by atoms with van der Waals surface area (Å²) in [7, 11) is 0. The van der Waals surface area contributed by atoms with Crippen LogP contribution in [0.3, 0.4) is 0 Å². The molecule has 18 heavy (non-hydrogen) atoms. The van der Waals surface area contributed by atoms with Crippen molar-refractivity contribution < 1.29 is 0 Å². The van der Waals surface area contributed by atoms with Crippen molar-refractivity contribution in [2.24, 2.45) is 0 Å². The van der Waals surface area contributed by atoms with Crippen molar-refractivity contribution in [3.05, 3.63) is 29.8 Å². The van der Waals surface area contributed by atoms with Crippen LogP contribution in [-0.2, 0) is 0 Å². The summed E-state index contributed by atoms with van der Waals surface area (Å²) in [5, 5.41) is 7.10. The maximum absolute atomic E-state index is 5.25. The average Bonchev–Trinajstić information content (AvgIpc) is 2.23. The molecule has 1 aromatic carbocycles. The summed E-state index contributed by atoms with van der Waals surface area (Å²) in [4.78, 5) is 0. The second kappa shape index (κ2) is 7.00. The molecule has 0 saturated heterocycles. The van der Waals surface area contributed by atoms with E-state index in [0.717, 1.165) is 18.0 Å². The lowest BCUT2D eigenvalue weighted by Crippen LogP contribution is -2.30. The van der Waals surface area contributed by atoms with Crippen LogP contribution in [0.25, 0.3) is 0 Å². The fourth-order valence-corrected chi connectivity index (χ4v) is 2.46. The summed E-state index contributed by atoms with van der Waals surface area (Å²) in [5.74, 6) is 1.05. The molecule has 0 bridgehead atoms. The van der Waals surface area contributed by atoms with Gasteiger partial charge in [0.1, 0.15) is 0 Å². The zero-order chi connectivity index (χ0) is 13.6. The first kappa shape index (κ1) is 15.3. The SMILES string of the molecule is Cc1cccc(NC(=S)NCCSC(C)(C)C)c1. The molecule has 0 aromatic heterocycles. The monoisotopic (exact) mass is 282 g/mol. The Balaban J connectivity index is 2.26. The van der Waals surface area contributed by atoms with Crippen LogP contribution in [0.5, 0.6) is 0 Å². The fraction of sp³-hybridized carbons (Fsp3) is 0.500. The highest BCUT2D eigenvalue weighted by molar-refractivity contribution is 8.00. The fourth-order valence-electron chi connectivity index (χ4n) is 1.42. The number of anilines is 1. The van der Waals surface area contributed by atoms with Crippen molar-refractivity contribution >= 4 is 34.8 Å². The molecule has 1 rings (SSSR count). The summed E-state index contributed by atoms with van der Waals surface area (Å²) < 4.78 is 0.313. The molecule has 0 spiro atoms. The van der Waals surface area contributed by atoms with E-state index in [4.69, 9.17) is 12.2 Å². The topological polar surface area (TPSA) is 24.1 Å². The van der Waals surface area contributed by atoms with Crippen LogP contribution in [0, 0.1) is 6.92 Å². The van der Waals surface area contributed by atoms with Gasteiger partial charge in [-0.05, 0) is 36.8 Å². The molecular weight excluding hydrogens is 260 g/mol. The summed E-state index contributed by atoms with van der Waals surface area (Å²) in [6.45, 7) is 9.63. The zero-order valence-electron chi connectivity index (χ0n) is 11.5. The molecule has 2 N–H and O–H groups in total. The number of hydrogen-bond acceptors (Lipinski definition) is 2. The lowest BCUT2D eigenvalue weighted by molar-refractivity contribution is 0.800. The summed E-state index contributed by atoms with van der Waals surface area (Å²) in [5.41, 5.74) is 2.27. The van der Waals surface area contributed by atoms with Gasteiger partial charge in [-0.1, -0.05) is 32.9 Å². The van der Waals surface area contributed by atoms with E-state index in [9.17, 15) is 0 Å². The summed E-state index contributed by atoms with van der Waals surface area (Å²) in [6, 6.07) is 8.19. The highest BCUT2D eigenvalue weighted by atomic mass is 32.2. The number of benzene rings is 1. The molecule has 0 heterocycles. The highest BCUT2D eigenvalue weighted by Crippen LogP contribution is 2.22. The van der Waals surface area contributed by atoms with Crippen molar-refractivity contribution in [1.29, 1.82) is 0 Å². The number of thioether (sulfide) groups is 1. The molecule has 0 amide bonds. The predicted octanol–water partition coefficient (Wildman–Crippen LogP) is 3.81. The van der Waals surface area contributed by atoms with Gasteiger partial charge in [0, 0.05) is 22.7 Å². The van der Waals surface area contributed by atoms with Crippen LogP contribution in [0.1, 0.15) is 26.3 Å². The van der Waals surface area contributed by atoms with Crippen molar-refractivity contribution in [3.63, 3.8) is 0 Å². The van der Waals surface area contributed by atoms with Gasteiger partial charge >= 0.3 is 0 Å². The third-order valence-corrected chi connectivity index (χ3v) is 3.72. The van der Waals surface area contributed by atoms with Gasteiger partial charge in [-0.3, -0.25) is 0 Å². The van der Waals surface area contributed by atoms with E-state index in [2.05, 4.69) is 50.5 Å². The number of hydrogen-bond donors (Lipinski definition) is 2. The Morgan fingerprint density at radius 1 is 1.33 bits per heavy atom. The van der Waals surface area contributed by atoms with Gasteiger partial charge in [0.2, 0.25) is 0 Å². The van der Waals surface area contributed by atoms with E-state index in [1.165, 1.54) is 5.56 Å². The third kappa shape index (κ3) is 6.87. The maximum atomic E-state index is 5.25. The predicted molar refractivity (Wildman–Crippen MR) is 87.6 cm³/mol. The quantitative estimate of drug-likeness (QED) is 0.648. The molecule has 0 radical (unpaired) electrons. The molecule has 0 unspecified atom stereocenters. The molecule has 0 fully saturated rings. The van der Waals surface area contributed by atoms with E-state index < -0.39 is 0 Å². The number of rotatable bonds is 4. The largest absolute Gasteiger partial charge is 0.362 e. The molecular formula is C14H22N2S2. The van der Waals surface area contributed by atoms with Gasteiger partial charge in [0.25, 0.3) is 0 Å². The van der Waals surface area contributed by atoms with Crippen LogP contribution in [-0.4, -0.2) is 22.2 Å². The van der Waals surface area contributed by atoms with Gasteiger partial charge < -0.3 is 10.6 Å². The lowest BCUT2D eigenvalue weighted by atomic mass is 10.2. The lowest BCUT2D eigenvalue weighted by Gasteiger charge is -2.18. The van der Waals surface area contributed by atoms with Crippen molar-refractivity contribution in [2.45, 2.75) is 32.4 Å². The van der Waals surface area contributed by atoms with Gasteiger partial charge in [0.05, 0.1) is 0 Å². The molecule has 4 heteroatoms. The van der Waals surface area contributed by atoms with Gasteiger partial charge in [-0.2, -0.15) is 11.8 Å². The Morgan fingerprint density at radius 3 is 2.67 bits per heavy atom. The van der Waals surface area contributed by atoms with Crippen LogP contribution < -0.4 is 10.6 Å². The summed E-state index contributed by atoms with van der Waals surface area (Å²) >= 11 is 7.19. The second-order valence-electron chi connectivity index (χ2n) is 5.21. The molecule has 0 aliphatic heterocycles. The molecule has 0 aliphatic rings. The van der Waals surface area contributed by atoms with E-state index in [-0.39, 0.29) is 0 Å². The molecule has 100 valence electrons.